The van der Waals surface area contributed by atoms with Gasteiger partial charge in [-0.3, -0.25) is 4.79 Å². The van der Waals surface area contributed by atoms with Gasteiger partial charge in [0.25, 0.3) is 0 Å². The van der Waals surface area contributed by atoms with Crippen LogP contribution in [0.15, 0.2) is 42.5 Å². The van der Waals surface area contributed by atoms with Crippen LogP contribution in [0.4, 0.5) is 4.39 Å². The van der Waals surface area contributed by atoms with Gasteiger partial charge in [-0.25, -0.2) is 4.39 Å². The molecule has 0 atom stereocenters. The summed E-state index contributed by atoms with van der Waals surface area (Å²) in [6.07, 6.45) is 0.360. The Balaban J connectivity index is 2.39. The number of rotatable bonds is 4. The maximum absolute atomic E-state index is 13.8. The zero-order valence-corrected chi connectivity index (χ0v) is 11.1. The van der Waals surface area contributed by atoms with E-state index in [1.165, 1.54) is 12.1 Å². The Morgan fingerprint density at radius 2 is 1.84 bits per heavy atom. The second-order valence-electron chi connectivity index (χ2n) is 3.93. The summed E-state index contributed by atoms with van der Waals surface area (Å²) >= 11 is 5.69. The number of hydrogen-bond acceptors (Lipinski definition) is 2. The molecule has 0 saturated carbocycles. The smallest absolute Gasteiger partial charge is 0.184 e. The van der Waals surface area contributed by atoms with E-state index in [1.807, 2.05) is 0 Å². The summed E-state index contributed by atoms with van der Waals surface area (Å²) in [6.45, 7) is 1.76. The predicted octanol–water partition coefficient (Wildman–Crippen LogP) is 4.86. The molecule has 0 heterocycles. The van der Waals surface area contributed by atoms with Crippen molar-refractivity contribution >= 4 is 17.4 Å². The number of ether oxygens (including phenoxy) is 1. The van der Waals surface area contributed by atoms with Gasteiger partial charge >= 0.3 is 0 Å². The Morgan fingerprint density at radius 1 is 1.16 bits per heavy atom. The van der Waals surface area contributed by atoms with E-state index in [0.29, 0.717) is 17.7 Å². The molecule has 0 amide bonds. The average Bonchev–Trinajstić information content (AvgIpc) is 2.43. The fraction of sp³-hybridized carbons (Fsp3) is 0.133. The second-order valence-corrected chi connectivity index (χ2v) is 4.33. The topological polar surface area (TPSA) is 26.3 Å². The number of Topliss-reactive ketones (excluding diaryl/α,β-unsaturated/α-hetero) is 1. The monoisotopic (exact) mass is 278 g/mol. The normalized spacial score (nSPS) is 10.3. The van der Waals surface area contributed by atoms with Gasteiger partial charge in [0.1, 0.15) is 5.75 Å². The molecule has 0 saturated heterocycles. The van der Waals surface area contributed by atoms with Crippen molar-refractivity contribution in [3.63, 3.8) is 0 Å². The number of halogens is 2. The Hall–Kier alpha value is -1.87. The van der Waals surface area contributed by atoms with Crippen LogP contribution in [0, 0.1) is 5.82 Å². The van der Waals surface area contributed by atoms with Gasteiger partial charge in [-0.2, -0.15) is 0 Å². The van der Waals surface area contributed by atoms with Crippen molar-refractivity contribution < 1.29 is 13.9 Å². The van der Waals surface area contributed by atoms with Gasteiger partial charge in [0.05, 0.1) is 10.6 Å². The summed E-state index contributed by atoms with van der Waals surface area (Å²) in [5.41, 5.74) is 0.435. The lowest BCUT2D eigenvalue weighted by atomic mass is 10.1. The van der Waals surface area contributed by atoms with Crippen LogP contribution in [-0.2, 0) is 0 Å². The molecule has 0 fully saturated rings. The maximum Gasteiger partial charge on any atom is 0.184 e. The molecule has 0 N–H and O–H groups in total. The van der Waals surface area contributed by atoms with Gasteiger partial charge in [-0.15, -0.1) is 0 Å². The molecule has 0 radical (unpaired) electrons. The molecule has 19 heavy (non-hydrogen) atoms. The Labute approximate surface area is 115 Å². The van der Waals surface area contributed by atoms with E-state index >= 15 is 0 Å². The van der Waals surface area contributed by atoms with E-state index in [4.69, 9.17) is 16.3 Å². The summed E-state index contributed by atoms with van der Waals surface area (Å²) < 4.78 is 19.2. The minimum absolute atomic E-state index is 0.00357. The number of hydrogen-bond donors (Lipinski definition) is 0. The molecule has 98 valence electrons. The highest BCUT2D eigenvalue weighted by molar-refractivity contribution is 6.30. The summed E-state index contributed by atoms with van der Waals surface area (Å²) in [7, 11) is 0. The molecule has 2 aromatic rings. The molecule has 2 nitrogen and oxygen atoms in total. The summed E-state index contributed by atoms with van der Waals surface area (Å²) in [4.78, 5) is 11.8. The van der Waals surface area contributed by atoms with Crippen LogP contribution in [0.25, 0.3) is 0 Å². The third-order valence-corrected chi connectivity index (χ3v) is 2.94. The first-order chi connectivity index (χ1) is 9.13. The van der Waals surface area contributed by atoms with Gasteiger partial charge in [-0.05, 0) is 24.3 Å². The molecule has 0 aromatic heterocycles. The number of carbonyl (C=O) groups is 1. The molecule has 0 bridgehead atoms. The molecule has 2 aromatic carbocycles. The molecule has 4 heteroatoms. The number of ketones is 1. The Bertz CT molecular complexity index is 611. The molecule has 0 unspecified atom stereocenters. The van der Waals surface area contributed by atoms with Crippen molar-refractivity contribution in [2.24, 2.45) is 0 Å². The predicted molar refractivity (Wildman–Crippen MR) is 72.5 cm³/mol. The van der Waals surface area contributed by atoms with Gasteiger partial charge in [-0.1, -0.05) is 36.7 Å². The fourth-order valence-corrected chi connectivity index (χ4v) is 1.82. The van der Waals surface area contributed by atoms with E-state index in [1.54, 1.807) is 37.3 Å². The summed E-state index contributed by atoms with van der Waals surface area (Å²) in [5, 5.41) is -0.0169. The standard InChI is InChI=1S/C15H12ClFO2/c1-2-12(18)10-6-3-4-8-13(10)19-14-9-5-7-11(16)15(14)17/h3-9H,2H2,1H3. The third-order valence-electron chi connectivity index (χ3n) is 2.64. The SMILES string of the molecule is CCC(=O)c1ccccc1Oc1cccc(Cl)c1F. The number of benzene rings is 2. The molecule has 0 aliphatic carbocycles. The van der Waals surface area contributed by atoms with Crippen molar-refractivity contribution in [3.8, 4) is 11.5 Å². The zero-order chi connectivity index (χ0) is 13.8. The van der Waals surface area contributed by atoms with Crippen molar-refractivity contribution in [1.29, 1.82) is 0 Å². The highest BCUT2D eigenvalue weighted by Crippen LogP contribution is 2.31. The van der Waals surface area contributed by atoms with Gasteiger partial charge < -0.3 is 4.74 Å². The quantitative estimate of drug-likeness (QED) is 0.746. The first-order valence-corrected chi connectivity index (χ1v) is 6.25. The lowest BCUT2D eigenvalue weighted by Crippen LogP contribution is -2.00. The maximum atomic E-state index is 13.8. The fourth-order valence-electron chi connectivity index (χ4n) is 1.66. The van der Waals surface area contributed by atoms with Crippen LogP contribution in [0.5, 0.6) is 11.5 Å². The average molecular weight is 279 g/mol. The molecule has 0 aliphatic rings. The third kappa shape index (κ3) is 2.93. The first-order valence-electron chi connectivity index (χ1n) is 5.87. The Morgan fingerprint density at radius 3 is 2.58 bits per heavy atom. The van der Waals surface area contributed by atoms with Crippen molar-refractivity contribution in [1.82, 2.24) is 0 Å². The van der Waals surface area contributed by atoms with Crippen LogP contribution in [0.2, 0.25) is 5.02 Å². The van der Waals surface area contributed by atoms with Gasteiger partial charge in [0, 0.05) is 6.42 Å². The van der Waals surface area contributed by atoms with Crippen molar-refractivity contribution in [3.05, 3.63) is 58.9 Å². The molecular weight excluding hydrogens is 267 g/mol. The van der Waals surface area contributed by atoms with E-state index < -0.39 is 5.82 Å². The minimum atomic E-state index is -0.636. The van der Waals surface area contributed by atoms with Crippen molar-refractivity contribution in [2.45, 2.75) is 13.3 Å². The zero-order valence-electron chi connectivity index (χ0n) is 10.3. The molecule has 0 spiro atoms. The molecule has 0 aliphatic heterocycles. The first kappa shape index (κ1) is 13.6. The van der Waals surface area contributed by atoms with Crippen molar-refractivity contribution in [2.75, 3.05) is 0 Å². The van der Waals surface area contributed by atoms with E-state index in [2.05, 4.69) is 0 Å². The van der Waals surface area contributed by atoms with Crippen LogP contribution < -0.4 is 4.74 Å². The van der Waals surface area contributed by atoms with Crippen LogP contribution >= 0.6 is 11.6 Å². The van der Waals surface area contributed by atoms with E-state index in [9.17, 15) is 9.18 Å². The van der Waals surface area contributed by atoms with Crippen LogP contribution in [0.1, 0.15) is 23.7 Å². The largest absolute Gasteiger partial charge is 0.453 e. The summed E-state index contributed by atoms with van der Waals surface area (Å²) in [6, 6.07) is 11.2. The second kappa shape index (κ2) is 5.85. The minimum Gasteiger partial charge on any atom is -0.453 e. The molecule has 2 rings (SSSR count). The van der Waals surface area contributed by atoms with Gasteiger partial charge in [0.15, 0.2) is 17.3 Å². The summed E-state index contributed by atoms with van der Waals surface area (Å²) in [5.74, 6) is -0.361. The van der Waals surface area contributed by atoms with Crippen LogP contribution in [-0.4, -0.2) is 5.78 Å². The van der Waals surface area contributed by atoms with E-state index in [-0.39, 0.29) is 16.6 Å². The highest BCUT2D eigenvalue weighted by atomic mass is 35.5. The molecular formula is C15H12ClFO2. The lowest BCUT2D eigenvalue weighted by molar-refractivity contribution is 0.0986. The van der Waals surface area contributed by atoms with Crippen LogP contribution in [0.3, 0.4) is 0 Å². The van der Waals surface area contributed by atoms with Gasteiger partial charge in [0.2, 0.25) is 0 Å². The number of para-hydroxylation sites is 1. The highest BCUT2D eigenvalue weighted by Gasteiger charge is 2.13. The number of carbonyl (C=O) groups excluding carboxylic acids is 1. The van der Waals surface area contributed by atoms with E-state index in [0.717, 1.165) is 0 Å². The Kier molecular flexibility index (Phi) is 4.17. The lowest BCUT2D eigenvalue weighted by Gasteiger charge is -2.10.